The van der Waals surface area contributed by atoms with Crippen molar-refractivity contribution in [2.24, 2.45) is 5.41 Å². The molecule has 0 atom stereocenters. The standard InChI is InChI=1S/C12H21N3/c1-3-4-10(2)11(5-13)15-8-12(9-15)6-14-7-12/h5,13-14H,3-4,6-9H2,1-2H3/b11-10+,13-5?. The van der Waals surface area contributed by atoms with Gasteiger partial charge in [0.15, 0.2) is 0 Å². The normalized spacial score (nSPS) is 24.3. The zero-order valence-corrected chi connectivity index (χ0v) is 9.77. The van der Waals surface area contributed by atoms with Gasteiger partial charge in [-0.2, -0.15) is 0 Å². The summed E-state index contributed by atoms with van der Waals surface area (Å²) < 4.78 is 0. The zero-order chi connectivity index (χ0) is 10.9. The minimum absolute atomic E-state index is 0.556. The molecule has 84 valence electrons. The van der Waals surface area contributed by atoms with Crippen molar-refractivity contribution in [3.05, 3.63) is 11.3 Å². The largest absolute Gasteiger partial charge is 0.369 e. The fraction of sp³-hybridized carbons (Fsp3) is 0.750. The van der Waals surface area contributed by atoms with Crippen LogP contribution in [0.5, 0.6) is 0 Å². The molecule has 3 heteroatoms. The molecule has 2 N–H and O–H groups in total. The third-order valence-corrected chi connectivity index (χ3v) is 3.59. The SMILES string of the molecule is CCC/C(C)=C(\C=N)N1CC2(CNC2)C1. The molecule has 0 aromatic carbocycles. The Morgan fingerprint density at radius 3 is 2.53 bits per heavy atom. The van der Waals surface area contributed by atoms with Gasteiger partial charge in [-0.25, -0.2) is 0 Å². The number of rotatable bonds is 4. The van der Waals surface area contributed by atoms with Crippen LogP contribution in [0.1, 0.15) is 26.7 Å². The molecule has 0 saturated carbocycles. The number of nitrogens with zero attached hydrogens (tertiary/aromatic N) is 1. The second kappa shape index (κ2) is 3.97. The first kappa shape index (κ1) is 10.7. The van der Waals surface area contributed by atoms with Gasteiger partial charge in [0.25, 0.3) is 0 Å². The summed E-state index contributed by atoms with van der Waals surface area (Å²) in [4.78, 5) is 2.36. The van der Waals surface area contributed by atoms with Crippen LogP contribution < -0.4 is 5.32 Å². The van der Waals surface area contributed by atoms with Gasteiger partial charge in [0.1, 0.15) is 0 Å². The molecule has 2 heterocycles. The summed E-state index contributed by atoms with van der Waals surface area (Å²) >= 11 is 0. The highest BCUT2D eigenvalue weighted by Gasteiger charge is 2.47. The van der Waals surface area contributed by atoms with E-state index in [9.17, 15) is 0 Å². The van der Waals surface area contributed by atoms with E-state index in [1.165, 1.54) is 31.3 Å². The van der Waals surface area contributed by atoms with E-state index in [4.69, 9.17) is 5.41 Å². The van der Waals surface area contributed by atoms with Crippen molar-refractivity contribution < 1.29 is 0 Å². The molecule has 0 aromatic rings. The lowest BCUT2D eigenvalue weighted by Crippen LogP contribution is -2.70. The fourth-order valence-corrected chi connectivity index (χ4v) is 2.62. The van der Waals surface area contributed by atoms with Crippen LogP contribution in [0.4, 0.5) is 0 Å². The first-order valence-corrected chi connectivity index (χ1v) is 5.87. The van der Waals surface area contributed by atoms with E-state index >= 15 is 0 Å². The molecule has 2 aliphatic heterocycles. The van der Waals surface area contributed by atoms with Gasteiger partial charge >= 0.3 is 0 Å². The first-order chi connectivity index (χ1) is 7.21. The van der Waals surface area contributed by atoms with Gasteiger partial charge in [0.05, 0.1) is 5.70 Å². The Kier molecular flexibility index (Phi) is 2.83. The number of nitrogens with one attached hydrogen (secondary N) is 2. The van der Waals surface area contributed by atoms with Crippen molar-refractivity contribution in [3.63, 3.8) is 0 Å². The summed E-state index contributed by atoms with van der Waals surface area (Å²) in [6.07, 6.45) is 3.82. The van der Waals surface area contributed by atoms with Gasteiger partial charge in [-0.3, -0.25) is 0 Å². The molecule has 2 fully saturated rings. The minimum Gasteiger partial charge on any atom is -0.369 e. The molecule has 0 radical (unpaired) electrons. The van der Waals surface area contributed by atoms with E-state index in [1.807, 2.05) is 0 Å². The second-order valence-electron chi connectivity index (χ2n) is 5.02. The summed E-state index contributed by atoms with van der Waals surface area (Å²) in [5.41, 5.74) is 3.09. The Balaban J connectivity index is 1.97. The average Bonchev–Trinajstić information content (AvgIpc) is 2.07. The maximum absolute atomic E-state index is 7.50. The molecule has 2 saturated heterocycles. The first-order valence-electron chi connectivity index (χ1n) is 5.87. The average molecular weight is 207 g/mol. The van der Waals surface area contributed by atoms with Crippen LogP contribution in [0.25, 0.3) is 0 Å². The van der Waals surface area contributed by atoms with Gasteiger partial charge in [0, 0.05) is 37.8 Å². The maximum Gasteiger partial charge on any atom is 0.0534 e. The molecule has 3 nitrogen and oxygen atoms in total. The lowest BCUT2D eigenvalue weighted by molar-refractivity contribution is -0.0125. The molecule has 0 aliphatic carbocycles. The fourth-order valence-electron chi connectivity index (χ4n) is 2.62. The van der Waals surface area contributed by atoms with Gasteiger partial charge in [-0.1, -0.05) is 13.3 Å². The molecule has 0 aromatic heterocycles. The van der Waals surface area contributed by atoms with Crippen molar-refractivity contribution in [3.8, 4) is 0 Å². The molecular formula is C12H21N3. The third kappa shape index (κ3) is 1.81. The molecule has 0 unspecified atom stereocenters. The molecule has 2 aliphatic rings. The molecule has 0 bridgehead atoms. The van der Waals surface area contributed by atoms with Crippen LogP contribution in [0.15, 0.2) is 11.3 Å². The highest BCUT2D eigenvalue weighted by molar-refractivity contribution is 5.76. The predicted octanol–water partition coefficient (Wildman–Crippen LogP) is 1.62. The quantitative estimate of drug-likeness (QED) is 0.688. The van der Waals surface area contributed by atoms with Crippen molar-refractivity contribution in [2.45, 2.75) is 26.7 Å². The van der Waals surface area contributed by atoms with Gasteiger partial charge in [-0.05, 0) is 18.9 Å². The van der Waals surface area contributed by atoms with Gasteiger partial charge < -0.3 is 15.6 Å². The minimum atomic E-state index is 0.556. The van der Waals surface area contributed by atoms with Crippen LogP contribution in [0, 0.1) is 10.8 Å². The summed E-state index contributed by atoms with van der Waals surface area (Å²) in [7, 11) is 0. The Labute approximate surface area is 92.0 Å². The van der Waals surface area contributed by atoms with Crippen molar-refractivity contribution >= 4 is 6.21 Å². The third-order valence-electron chi connectivity index (χ3n) is 3.59. The summed E-state index contributed by atoms with van der Waals surface area (Å²) in [6.45, 7) is 8.98. The molecular weight excluding hydrogens is 186 g/mol. The Morgan fingerprint density at radius 2 is 2.13 bits per heavy atom. The van der Waals surface area contributed by atoms with E-state index in [2.05, 4.69) is 24.1 Å². The van der Waals surface area contributed by atoms with Gasteiger partial charge in [-0.15, -0.1) is 0 Å². The van der Waals surface area contributed by atoms with Crippen molar-refractivity contribution in [2.75, 3.05) is 26.2 Å². The second-order valence-corrected chi connectivity index (χ2v) is 5.02. The maximum atomic E-state index is 7.50. The lowest BCUT2D eigenvalue weighted by Gasteiger charge is -2.57. The van der Waals surface area contributed by atoms with Crippen LogP contribution in [0.3, 0.4) is 0 Å². The molecule has 0 amide bonds. The topological polar surface area (TPSA) is 39.1 Å². The molecule has 1 spiro atoms. The van der Waals surface area contributed by atoms with Crippen molar-refractivity contribution in [1.29, 1.82) is 5.41 Å². The number of allylic oxidation sites excluding steroid dienone is 2. The molecule has 2 rings (SSSR count). The number of likely N-dealkylation sites (tertiary alicyclic amines) is 1. The highest BCUT2D eigenvalue weighted by atomic mass is 15.3. The van der Waals surface area contributed by atoms with Crippen LogP contribution >= 0.6 is 0 Å². The van der Waals surface area contributed by atoms with Crippen LogP contribution in [0.2, 0.25) is 0 Å². The summed E-state index contributed by atoms with van der Waals surface area (Å²) in [5.74, 6) is 0. The van der Waals surface area contributed by atoms with E-state index in [-0.39, 0.29) is 0 Å². The van der Waals surface area contributed by atoms with E-state index in [0.29, 0.717) is 5.41 Å². The number of hydrogen-bond acceptors (Lipinski definition) is 3. The smallest absolute Gasteiger partial charge is 0.0534 e. The predicted molar refractivity (Wildman–Crippen MR) is 63.3 cm³/mol. The Morgan fingerprint density at radius 1 is 1.47 bits per heavy atom. The monoisotopic (exact) mass is 207 g/mol. The summed E-state index contributed by atoms with van der Waals surface area (Å²) in [5, 5.41) is 10.8. The highest BCUT2D eigenvalue weighted by Crippen LogP contribution is 2.36. The Hall–Kier alpha value is -0.830. The summed E-state index contributed by atoms with van der Waals surface area (Å²) in [6, 6.07) is 0. The number of hydrogen-bond donors (Lipinski definition) is 2. The van der Waals surface area contributed by atoms with E-state index in [0.717, 1.165) is 25.2 Å². The molecule has 15 heavy (non-hydrogen) atoms. The van der Waals surface area contributed by atoms with Crippen LogP contribution in [-0.2, 0) is 0 Å². The van der Waals surface area contributed by atoms with Crippen molar-refractivity contribution in [1.82, 2.24) is 10.2 Å². The lowest BCUT2D eigenvalue weighted by atomic mass is 9.74. The van der Waals surface area contributed by atoms with Crippen LogP contribution in [-0.4, -0.2) is 37.3 Å². The Bertz CT molecular complexity index is 281. The zero-order valence-electron chi connectivity index (χ0n) is 9.77. The van der Waals surface area contributed by atoms with E-state index in [1.54, 1.807) is 0 Å². The van der Waals surface area contributed by atoms with E-state index < -0.39 is 0 Å². The van der Waals surface area contributed by atoms with Gasteiger partial charge in [0.2, 0.25) is 0 Å².